The number of nitrogens with zero attached hydrogens (tertiary/aromatic N) is 2. The minimum absolute atomic E-state index is 0.0426. The third kappa shape index (κ3) is 5.06. The van der Waals surface area contributed by atoms with E-state index in [1.807, 2.05) is 30.3 Å². The highest BCUT2D eigenvalue weighted by molar-refractivity contribution is 5.94. The number of rotatable bonds is 6. The Labute approximate surface area is 193 Å². The third-order valence-electron chi connectivity index (χ3n) is 6.33. The lowest BCUT2D eigenvalue weighted by atomic mass is 9.99. The van der Waals surface area contributed by atoms with Gasteiger partial charge in [-0.05, 0) is 61.1 Å². The molecule has 0 radical (unpaired) electrons. The molecule has 2 heterocycles. The number of carbonyl (C=O) groups is 2. The lowest BCUT2D eigenvalue weighted by Gasteiger charge is -2.25. The molecule has 0 aliphatic carbocycles. The monoisotopic (exact) mass is 443 g/mol. The standard InChI is InChI=1S/C27H29N3O3/c1-19-12-13-22(16-20(19)2)24-11-7-15-30(24)27(33)23-10-6-14-29(26(23)32)18-25(31)28-17-21-8-4-3-5-9-21/h3-6,8-10,12-14,16,24H,7,11,15,17-18H2,1-2H3,(H,28,31). The molecule has 1 aliphatic rings. The molecule has 4 rings (SSSR count). The van der Waals surface area contributed by atoms with E-state index in [0.29, 0.717) is 13.1 Å². The summed E-state index contributed by atoms with van der Waals surface area (Å²) in [6.45, 7) is 5.01. The molecule has 3 aromatic rings. The molecule has 6 nitrogen and oxygen atoms in total. The fourth-order valence-electron chi connectivity index (χ4n) is 4.31. The molecule has 6 heteroatoms. The van der Waals surface area contributed by atoms with E-state index in [1.165, 1.54) is 15.7 Å². The topological polar surface area (TPSA) is 71.4 Å². The number of carbonyl (C=O) groups excluding carboxylic acids is 2. The molecule has 1 atom stereocenters. The zero-order chi connectivity index (χ0) is 23.4. The fourth-order valence-corrected chi connectivity index (χ4v) is 4.31. The zero-order valence-corrected chi connectivity index (χ0v) is 19.1. The highest BCUT2D eigenvalue weighted by Gasteiger charge is 2.32. The van der Waals surface area contributed by atoms with E-state index in [2.05, 4.69) is 37.4 Å². The highest BCUT2D eigenvalue weighted by atomic mass is 16.2. The van der Waals surface area contributed by atoms with Crippen molar-refractivity contribution in [3.63, 3.8) is 0 Å². The van der Waals surface area contributed by atoms with Crippen LogP contribution in [-0.2, 0) is 17.9 Å². The molecular formula is C27H29N3O3. The number of hydrogen-bond acceptors (Lipinski definition) is 3. The first-order valence-corrected chi connectivity index (χ1v) is 11.3. The fraction of sp³-hybridized carbons (Fsp3) is 0.296. The molecule has 2 amide bonds. The van der Waals surface area contributed by atoms with E-state index in [-0.39, 0.29) is 30.0 Å². The lowest BCUT2D eigenvalue weighted by molar-refractivity contribution is -0.121. The molecule has 1 fully saturated rings. The van der Waals surface area contributed by atoms with Crippen molar-refractivity contribution >= 4 is 11.8 Å². The summed E-state index contributed by atoms with van der Waals surface area (Å²) < 4.78 is 1.30. The minimum Gasteiger partial charge on any atom is -0.350 e. The van der Waals surface area contributed by atoms with Gasteiger partial charge in [0.15, 0.2) is 0 Å². The molecule has 33 heavy (non-hydrogen) atoms. The van der Waals surface area contributed by atoms with E-state index in [0.717, 1.165) is 24.0 Å². The summed E-state index contributed by atoms with van der Waals surface area (Å²) in [5.74, 6) is -0.556. The number of nitrogens with one attached hydrogen (secondary N) is 1. The number of pyridine rings is 1. The van der Waals surface area contributed by atoms with Crippen LogP contribution in [0.3, 0.4) is 0 Å². The molecule has 1 aromatic heterocycles. The third-order valence-corrected chi connectivity index (χ3v) is 6.33. The van der Waals surface area contributed by atoms with Gasteiger partial charge in [0.25, 0.3) is 11.5 Å². The van der Waals surface area contributed by atoms with Crippen molar-refractivity contribution in [2.45, 2.75) is 45.8 Å². The summed E-state index contributed by atoms with van der Waals surface area (Å²) in [5, 5.41) is 2.82. The van der Waals surface area contributed by atoms with Crippen LogP contribution < -0.4 is 10.9 Å². The maximum Gasteiger partial charge on any atom is 0.263 e. The second kappa shape index (κ2) is 9.86. The average molecular weight is 444 g/mol. The van der Waals surface area contributed by atoms with Crippen LogP contribution in [0.5, 0.6) is 0 Å². The van der Waals surface area contributed by atoms with Crippen LogP contribution in [0.25, 0.3) is 0 Å². The molecule has 1 N–H and O–H groups in total. The van der Waals surface area contributed by atoms with Crippen molar-refractivity contribution in [2.75, 3.05) is 6.54 Å². The van der Waals surface area contributed by atoms with Gasteiger partial charge in [-0.15, -0.1) is 0 Å². The van der Waals surface area contributed by atoms with Crippen LogP contribution in [0, 0.1) is 13.8 Å². The molecular weight excluding hydrogens is 414 g/mol. The van der Waals surface area contributed by atoms with Gasteiger partial charge in [0.2, 0.25) is 5.91 Å². The van der Waals surface area contributed by atoms with Crippen LogP contribution in [0.2, 0.25) is 0 Å². The Balaban J connectivity index is 1.49. The zero-order valence-electron chi connectivity index (χ0n) is 19.1. The molecule has 1 saturated heterocycles. The van der Waals surface area contributed by atoms with E-state index < -0.39 is 5.56 Å². The molecule has 0 saturated carbocycles. The lowest BCUT2D eigenvalue weighted by Crippen LogP contribution is -2.38. The van der Waals surface area contributed by atoms with Crippen LogP contribution >= 0.6 is 0 Å². The summed E-state index contributed by atoms with van der Waals surface area (Å²) in [6.07, 6.45) is 3.31. The normalized spacial score (nSPS) is 15.5. The quantitative estimate of drug-likeness (QED) is 0.631. The SMILES string of the molecule is Cc1ccc(C2CCCN2C(=O)c2cccn(CC(=O)NCc3ccccc3)c2=O)cc1C. The Morgan fingerprint density at radius 1 is 1.00 bits per heavy atom. The minimum atomic E-state index is -0.442. The molecule has 170 valence electrons. The van der Waals surface area contributed by atoms with Crippen LogP contribution in [0.15, 0.2) is 71.7 Å². The predicted molar refractivity (Wildman–Crippen MR) is 128 cm³/mol. The molecule has 1 unspecified atom stereocenters. The van der Waals surface area contributed by atoms with Crippen LogP contribution in [0.1, 0.15) is 51.5 Å². The summed E-state index contributed by atoms with van der Waals surface area (Å²) in [5.41, 5.74) is 4.14. The second-order valence-corrected chi connectivity index (χ2v) is 8.62. The average Bonchev–Trinajstić information content (AvgIpc) is 3.31. The van der Waals surface area contributed by atoms with Gasteiger partial charge in [0.05, 0.1) is 6.04 Å². The molecule has 0 bridgehead atoms. The van der Waals surface area contributed by atoms with E-state index >= 15 is 0 Å². The Morgan fingerprint density at radius 3 is 2.55 bits per heavy atom. The number of aromatic nitrogens is 1. The second-order valence-electron chi connectivity index (χ2n) is 8.62. The summed E-state index contributed by atoms with van der Waals surface area (Å²) in [4.78, 5) is 40.6. The Kier molecular flexibility index (Phi) is 6.73. The van der Waals surface area contributed by atoms with Crippen LogP contribution in [0.4, 0.5) is 0 Å². The van der Waals surface area contributed by atoms with Gasteiger partial charge in [-0.25, -0.2) is 0 Å². The van der Waals surface area contributed by atoms with Gasteiger partial charge in [-0.1, -0.05) is 48.5 Å². The predicted octanol–water partition coefficient (Wildman–Crippen LogP) is 3.76. The summed E-state index contributed by atoms with van der Waals surface area (Å²) in [7, 11) is 0. The van der Waals surface area contributed by atoms with Gasteiger partial charge in [0.1, 0.15) is 12.1 Å². The summed E-state index contributed by atoms with van der Waals surface area (Å²) in [6, 6.07) is 19.0. The Hall–Kier alpha value is -3.67. The largest absolute Gasteiger partial charge is 0.350 e. The summed E-state index contributed by atoms with van der Waals surface area (Å²) >= 11 is 0. The van der Waals surface area contributed by atoms with Crippen molar-refractivity contribution in [3.8, 4) is 0 Å². The number of aryl methyl sites for hydroxylation is 2. The first-order valence-electron chi connectivity index (χ1n) is 11.3. The van der Waals surface area contributed by atoms with Crippen LogP contribution in [-0.4, -0.2) is 27.8 Å². The van der Waals surface area contributed by atoms with Crippen molar-refractivity contribution in [1.82, 2.24) is 14.8 Å². The van der Waals surface area contributed by atoms with Crippen molar-refractivity contribution in [3.05, 3.63) is 105 Å². The molecule has 2 aromatic carbocycles. The molecule has 0 spiro atoms. The first kappa shape index (κ1) is 22.5. The van der Waals surface area contributed by atoms with Gasteiger partial charge in [-0.2, -0.15) is 0 Å². The number of likely N-dealkylation sites (tertiary alicyclic amines) is 1. The van der Waals surface area contributed by atoms with E-state index in [9.17, 15) is 14.4 Å². The highest BCUT2D eigenvalue weighted by Crippen LogP contribution is 2.33. The molecule has 1 aliphatic heterocycles. The van der Waals surface area contributed by atoms with E-state index in [1.54, 1.807) is 23.2 Å². The number of amides is 2. The van der Waals surface area contributed by atoms with Gasteiger partial charge >= 0.3 is 0 Å². The first-order chi connectivity index (χ1) is 15.9. The van der Waals surface area contributed by atoms with Gasteiger partial charge in [0, 0.05) is 19.3 Å². The van der Waals surface area contributed by atoms with Crippen molar-refractivity contribution in [1.29, 1.82) is 0 Å². The Bertz CT molecular complexity index is 1220. The number of benzene rings is 2. The van der Waals surface area contributed by atoms with Crippen molar-refractivity contribution < 1.29 is 9.59 Å². The Morgan fingerprint density at radius 2 is 1.79 bits per heavy atom. The van der Waals surface area contributed by atoms with Crippen molar-refractivity contribution in [2.24, 2.45) is 0 Å². The smallest absolute Gasteiger partial charge is 0.263 e. The maximum atomic E-state index is 13.4. The number of hydrogen-bond donors (Lipinski definition) is 1. The van der Waals surface area contributed by atoms with Gasteiger partial charge < -0.3 is 14.8 Å². The maximum absolute atomic E-state index is 13.4. The van der Waals surface area contributed by atoms with Gasteiger partial charge in [-0.3, -0.25) is 14.4 Å². The van der Waals surface area contributed by atoms with E-state index in [4.69, 9.17) is 0 Å².